The predicted octanol–water partition coefficient (Wildman–Crippen LogP) is 0.620. The molecule has 144 valence electrons. The van der Waals surface area contributed by atoms with Crippen molar-refractivity contribution in [3.8, 4) is 0 Å². The highest BCUT2D eigenvalue weighted by Crippen LogP contribution is 2.23. The van der Waals surface area contributed by atoms with Crippen LogP contribution in [-0.2, 0) is 27.5 Å². The van der Waals surface area contributed by atoms with Crippen LogP contribution in [0.1, 0.15) is 48.9 Å². The maximum Gasteiger partial charge on any atom is 0.410 e. The number of aromatic nitrogens is 2. The number of nitrogens with zero attached hydrogens (tertiary/aromatic N) is 2. The van der Waals surface area contributed by atoms with Gasteiger partial charge in [-0.2, -0.15) is 5.10 Å². The van der Waals surface area contributed by atoms with Crippen molar-refractivity contribution in [2.75, 3.05) is 18.1 Å². The maximum atomic E-state index is 12.5. The number of H-pyrrole nitrogens is 1. The van der Waals surface area contributed by atoms with E-state index in [9.17, 15) is 18.0 Å². The number of ether oxygens (including phenoxy) is 1. The summed E-state index contributed by atoms with van der Waals surface area (Å²) in [6.07, 6.45) is 0.523. The molecule has 2 aliphatic heterocycles. The van der Waals surface area contributed by atoms with Gasteiger partial charge in [0.25, 0.3) is 5.91 Å². The summed E-state index contributed by atoms with van der Waals surface area (Å²) in [5.74, 6) is -0.381. The molecule has 1 aromatic rings. The highest BCUT2D eigenvalue weighted by molar-refractivity contribution is 7.91. The number of sulfone groups is 1. The van der Waals surface area contributed by atoms with E-state index in [4.69, 9.17) is 4.74 Å². The van der Waals surface area contributed by atoms with Crippen molar-refractivity contribution in [1.29, 1.82) is 0 Å². The number of nitrogens with one attached hydrogen (secondary N) is 2. The van der Waals surface area contributed by atoms with Crippen molar-refractivity contribution >= 4 is 21.8 Å². The van der Waals surface area contributed by atoms with Gasteiger partial charge in [0.05, 0.1) is 18.1 Å². The highest BCUT2D eigenvalue weighted by atomic mass is 32.2. The number of carbonyl (C=O) groups excluding carboxylic acids is 2. The third-order valence-electron chi connectivity index (χ3n) is 4.37. The monoisotopic (exact) mass is 384 g/mol. The normalized spacial score (nSPS) is 22.0. The molecule has 10 heteroatoms. The number of amides is 2. The zero-order valence-electron chi connectivity index (χ0n) is 15.2. The third kappa shape index (κ3) is 4.17. The van der Waals surface area contributed by atoms with E-state index in [1.807, 2.05) is 0 Å². The lowest BCUT2D eigenvalue weighted by Gasteiger charge is -2.30. The van der Waals surface area contributed by atoms with Gasteiger partial charge in [0.1, 0.15) is 5.60 Å². The average Bonchev–Trinajstić information content (AvgIpc) is 3.07. The van der Waals surface area contributed by atoms with Gasteiger partial charge < -0.3 is 15.0 Å². The van der Waals surface area contributed by atoms with Gasteiger partial charge in [-0.3, -0.25) is 9.89 Å². The van der Waals surface area contributed by atoms with E-state index in [0.717, 1.165) is 5.69 Å². The third-order valence-corrected chi connectivity index (χ3v) is 6.14. The van der Waals surface area contributed by atoms with Crippen LogP contribution < -0.4 is 5.32 Å². The van der Waals surface area contributed by atoms with Crippen molar-refractivity contribution in [2.24, 2.45) is 0 Å². The largest absolute Gasteiger partial charge is 0.444 e. The van der Waals surface area contributed by atoms with Gasteiger partial charge in [-0.05, 0) is 27.2 Å². The first-order chi connectivity index (χ1) is 12.0. The van der Waals surface area contributed by atoms with Crippen molar-refractivity contribution in [1.82, 2.24) is 20.4 Å². The van der Waals surface area contributed by atoms with Gasteiger partial charge in [-0.15, -0.1) is 0 Å². The first-order valence-corrected chi connectivity index (χ1v) is 10.4. The van der Waals surface area contributed by atoms with E-state index < -0.39 is 33.5 Å². The standard InChI is InChI=1S/C16H24N4O5S/c1-16(2,3)25-15(22)20-6-4-12-11(8-20)13(19-18-12)14(21)17-10-5-7-26(23,24)9-10/h10H,4-9H2,1-3H3,(H,17,21)(H,18,19). The van der Waals surface area contributed by atoms with Crippen LogP contribution >= 0.6 is 0 Å². The van der Waals surface area contributed by atoms with E-state index in [1.165, 1.54) is 0 Å². The van der Waals surface area contributed by atoms with Crippen molar-refractivity contribution in [3.63, 3.8) is 0 Å². The second-order valence-electron chi connectivity index (χ2n) is 7.75. The number of fused-ring (bicyclic) bond motifs is 1. The molecule has 9 nitrogen and oxygen atoms in total. The molecule has 0 radical (unpaired) electrons. The van der Waals surface area contributed by atoms with Crippen LogP contribution in [0.2, 0.25) is 0 Å². The van der Waals surface area contributed by atoms with E-state index in [2.05, 4.69) is 15.5 Å². The lowest BCUT2D eigenvalue weighted by Crippen LogP contribution is -2.41. The van der Waals surface area contributed by atoms with Gasteiger partial charge >= 0.3 is 6.09 Å². The summed E-state index contributed by atoms with van der Waals surface area (Å²) in [6.45, 7) is 6.10. The van der Waals surface area contributed by atoms with Crippen LogP contribution in [0.4, 0.5) is 4.79 Å². The molecule has 26 heavy (non-hydrogen) atoms. The fourth-order valence-electron chi connectivity index (χ4n) is 3.13. The minimum Gasteiger partial charge on any atom is -0.444 e. The maximum absolute atomic E-state index is 12.5. The van der Waals surface area contributed by atoms with Crippen molar-refractivity contribution in [2.45, 2.75) is 51.8 Å². The molecule has 2 N–H and O–H groups in total. The van der Waals surface area contributed by atoms with Crippen LogP contribution in [0.25, 0.3) is 0 Å². The molecule has 3 heterocycles. The second kappa shape index (κ2) is 6.57. The van der Waals surface area contributed by atoms with Crippen LogP contribution in [-0.4, -0.2) is 65.2 Å². The molecule has 1 unspecified atom stereocenters. The Morgan fingerprint density at radius 3 is 2.69 bits per heavy atom. The Balaban J connectivity index is 1.70. The molecular weight excluding hydrogens is 360 g/mol. The average molecular weight is 384 g/mol. The summed E-state index contributed by atoms with van der Waals surface area (Å²) >= 11 is 0. The van der Waals surface area contributed by atoms with Crippen LogP contribution in [0.3, 0.4) is 0 Å². The summed E-state index contributed by atoms with van der Waals surface area (Å²) in [5.41, 5.74) is 1.08. The van der Waals surface area contributed by atoms with Crippen molar-refractivity contribution in [3.05, 3.63) is 17.0 Å². The molecule has 2 aliphatic rings. The predicted molar refractivity (Wildman–Crippen MR) is 93.5 cm³/mol. The fraction of sp³-hybridized carbons (Fsp3) is 0.688. The zero-order chi connectivity index (χ0) is 19.1. The molecule has 0 aromatic carbocycles. The van der Waals surface area contributed by atoms with E-state index in [1.54, 1.807) is 25.7 Å². The summed E-state index contributed by atoms with van der Waals surface area (Å²) < 4.78 is 28.5. The van der Waals surface area contributed by atoms with E-state index in [-0.39, 0.29) is 23.7 Å². The molecule has 3 rings (SSSR count). The highest BCUT2D eigenvalue weighted by Gasteiger charge is 2.33. The Morgan fingerprint density at radius 1 is 1.35 bits per heavy atom. The first-order valence-electron chi connectivity index (χ1n) is 8.59. The Morgan fingerprint density at radius 2 is 2.08 bits per heavy atom. The molecule has 0 spiro atoms. The van der Waals surface area contributed by atoms with Gasteiger partial charge in [-0.1, -0.05) is 0 Å². The lowest BCUT2D eigenvalue weighted by molar-refractivity contribution is 0.0222. The van der Waals surface area contributed by atoms with Gasteiger partial charge in [-0.25, -0.2) is 13.2 Å². The summed E-state index contributed by atoms with van der Waals surface area (Å²) in [7, 11) is -3.08. The molecule has 2 amide bonds. The lowest BCUT2D eigenvalue weighted by atomic mass is 10.1. The molecular formula is C16H24N4O5S. The molecule has 0 bridgehead atoms. The Bertz CT molecular complexity index is 824. The number of rotatable bonds is 2. The van der Waals surface area contributed by atoms with Gasteiger partial charge in [0, 0.05) is 30.3 Å². The van der Waals surface area contributed by atoms with E-state index >= 15 is 0 Å². The van der Waals surface area contributed by atoms with Crippen LogP contribution in [0, 0.1) is 0 Å². The van der Waals surface area contributed by atoms with Gasteiger partial charge in [0.2, 0.25) is 0 Å². The fourth-order valence-corrected chi connectivity index (χ4v) is 4.80. The van der Waals surface area contributed by atoms with Gasteiger partial charge in [0.15, 0.2) is 15.5 Å². The Kier molecular flexibility index (Phi) is 4.72. The molecule has 1 atom stereocenters. The van der Waals surface area contributed by atoms with E-state index in [0.29, 0.717) is 24.9 Å². The summed E-state index contributed by atoms with van der Waals surface area (Å²) in [4.78, 5) is 26.4. The number of aromatic amines is 1. The van der Waals surface area contributed by atoms with Crippen LogP contribution in [0.15, 0.2) is 0 Å². The molecule has 0 saturated carbocycles. The smallest absolute Gasteiger partial charge is 0.410 e. The Hall–Kier alpha value is -2.10. The number of carbonyl (C=O) groups is 2. The first kappa shape index (κ1) is 18.7. The summed E-state index contributed by atoms with van der Waals surface area (Å²) in [6, 6.07) is -0.398. The number of hydrogen-bond acceptors (Lipinski definition) is 6. The minimum absolute atomic E-state index is 0.0462. The topological polar surface area (TPSA) is 121 Å². The molecule has 1 aromatic heterocycles. The minimum atomic E-state index is -3.08. The van der Waals surface area contributed by atoms with Crippen LogP contribution in [0.5, 0.6) is 0 Å². The Labute approximate surface area is 152 Å². The SMILES string of the molecule is CC(C)(C)OC(=O)N1CCc2[nH]nc(C(=O)NC3CCS(=O)(=O)C3)c2C1. The molecule has 1 fully saturated rings. The summed E-state index contributed by atoms with van der Waals surface area (Å²) in [5, 5.41) is 9.66. The number of hydrogen-bond donors (Lipinski definition) is 2. The zero-order valence-corrected chi connectivity index (χ0v) is 16.0. The second-order valence-corrected chi connectivity index (χ2v) is 9.98. The molecule has 1 saturated heterocycles. The van der Waals surface area contributed by atoms with Crippen molar-refractivity contribution < 1.29 is 22.7 Å². The quantitative estimate of drug-likeness (QED) is 0.771. The molecule has 0 aliphatic carbocycles.